The first-order valence-electron chi connectivity index (χ1n) is 21.7. The highest BCUT2D eigenvalue weighted by Gasteiger charge is 2.34. The Hall–Kier alpha value is -7.82. The van der Waals surface area contributed by atoms with E-state index in [2.05, 4.69) is 119 Å². The quantitative estimate of drug-likeness (QED) is 0.162. The predicted octanol–water partition coefficient (Wildman–Crippen LogP) is 15.5. The first kappa shape index (κ1) is 28.6. The summed E-state index contributed by atoms with van der Waals surface area (Å²) in [6.45, 7) is 0. The lowest BCUT2D eigenvalue weighted by atomic mass is 9.97. The molecule has 0 spiro atoms. The molecule has 2 heterocycles. The zero-order valence-corrected chi connectivity index (χ0v) is 31.1. The number of hydrogen-bond donors (Lipinski definition) is 0. The highest BCUT2D eigenvalue weighted by Crippen LogP contribution is 2.59. The monoisotopic (exact) mass is 749 g/mol. The van der Waals surface area contributed by atoms with E-state index in [1.54, 1.807) is 0 Å². The van der Waals surface area contributed by atoms with Crippen LogP contribution in [0.25, 0.3) is 44.5 Å². The Bertz CT molecular complexity index is 3200. The molecule has 0 saturated heterocycles. The maximum Gasteiger partial charge on any atom is 0.155 e. The third-order valence-electron chi connectivity index (χ3n) is 10.7. The molecular formula is C54H36N2O2. The Morgan fingerprint density at radius 1 is 0.345 bits per heavy atom. The molecule has 0 atom stereocenters. The molecule has 0 unspecified atom stereocenters. The molecule has 58 heavy (non-hydrogen) atoms. The molecule has 0 amide bonds. The van der Waals surface area contributed by atoms with E-state index < -0.39 is 6.04 Å². The molecule has 274 valence electrons. The number of nitrogens with zero attached hydrogens (tertiary/aromatic N) is 2. The van der Waals surface area contributed by atoms with E-state index in [4.69, 9.17) is 16.3 Å². The molecule has 0 radical (unpaired) electrons. The molecule has 0 aliphatic carbocycles. The smallest absolute Gasteiger partial charge is 0.155 e. The van der Waals surface area contributed by atoms with Crippen molar-refractivity contribution in [1.82, 2.24) is 0 Å². The Labute approximate surface area is 345 Å². The molecule has 0 saturated carbocycles. The van der Waals surface area contributed by atoms with Gasteiger partial charge in [-0.05, 0) is 123 Å². The number of fused-ring (bicyclic) bond motifs is 4. The largest absolute Gasteiger partial charge is 0.453 e. The van der Waals surface area contributed by atoms with Crippen LogP contribution in [0, 0.1) is 0 Å². The van der Waals surface area contributed by atoms with Gasteiger partial charge >= 0.3 is 0 Å². The normalized spacial score (nSPS) is 13.2. The summed E-state index contributed by atoms with van der Waals surface area (Å²) in [7, 11) is 0. The van der Waals surface area contributed by atoms with Gasteiger partial charge in [-0.15, -0.1) is 0 Å². The molecule has 9 aromatic rings. The SMILES string of the molecule is [2H]c1c([2H])c([2H])c(-c2ccc(N(c3ccc(-c4ccccc4)cc3)c3ccc(-c4cccc(-c5ccc6c(c5)Oc5cccc7c5N6c5ccccc5O7)c4)cc3)cc2)c([2H])c1[2H]. The molecule has 2 aliphatic heterocycles. The van der Waals surface area contributed by atoms with Crippen LogP contribution in [0.5, 0.6) is 23.0 Å². The van der Waals surface area contributed by atoms with Crippen molar-refractivity contribution in [1.29, 1.82) is 0 Å². The van der Waals surface area contributed by atoms with Gasteiger partial charge in [0.1, 0.15) is 5.69 Å². The summed E-state index contributed by atoms with van der Waals surface area (Å²) in [5, 5.41) is 0. The Morgan fingerprint density at radius 3 is 1.47 bits per heavy atom. The van der Waals surface area contributed by atoms with E-state index in [1.165, 1.54) is 0 Å². The number of benzene rings is 9. The number of rotatable bonds is 7. The minimum absolute atomic E-state index is 0.174. The number of anilines is 6. The lowest BCUT2D eigenvalue weighted by Crippen LogP contribution is -2.20. The van der Waals surface area contributed by atoms with Gasteiger partial charge in [0.25, 0.3) is 0 Å². The molecule has 0 aromatic heterocycles. The standard InChI is InChI=1S/C54H36N2O2/c1-3-11-37(12-4-1)39-21-28-45(29-22-39)55(46-30-23-40(24-31-46)38-13-5-2-6-14-38)47-32-25-41(26-33-47)42-15-9-16-43(35-42)44-27-34-49-53(36-44)58-52-20-10-19-51-54(52)56(49)48-17-7-8-18-50(48)57-51/h1-36H/i1D,3D,4D,11D,12D. The van der Waals surface area contributed by atoms with Gasteiger partial charge in [-0.1, -0.05) is 139 Å². The van der Waals surface area contributed by atoms with Crippen molar-refractivity contribution < 1.29 is 16.3 Å². The molecule has 4 nitrogen and oxygen atoms in total. The minimum Gasteiger partial charge on any atom is -0.453 e. The minimum atomic E-state index is -0.408. The molecular weight excluding hydrogens is 709 g/mol. The van der Waals surface area contributed by atoms with Crippen LogP contribution in [-0.2, 0) is 0 Å². The van der Waals surface area contributed by atoms with E-state index in [0.717, 1.165) is 90.5 Å². The highest BCUT2D eigenvalue weighted by molar-refractivity contribution is 5.94. The zero-order chi connectivity index (χ0) is 42.8. The van der Waals surface area contributed by atoms with Crippen LogP contribution in [0.3, 0.4) is 0 Å². The molecule has 4 heteroatoms. The third-order valence-corrected chi connectivity index (χ3v) is 10.7. The first-order valence-corrected chi connectivity index (χ1v) is 19.2. The Balaban J connectivity index is 0.926. The first-order chi connectivity index (χ1) is 30.8. The molecule has 2 aliphatic rings. The van der Waals surface area contributed by atoms with Crippen molar-refractivity contribution in [3.8, 4) is 67.5 Å². The van der Waals surface area contributed by atoms with Crippen molar-refractivity contribution in [3.05, 3.63) is 218 Å². The molecule has 0 bridgehead atoms. The van der Waals surface area contributed by atoms with Gasteiger partial charge in [0, 0.05) is 17.1 Å². The Morgan fingerprint density at radius 2 is 0.793 bits per heavy atom. The van der Waals surface area contributed by atoms with Gasteiger partial charge in [-0.2, -0.15) is 0 Å². The van der Waals surface area contributed by atoms with E-state index in [9.17, 15) is 0 Å². The van der Waals surface area contributed by atoms with Crippen molar-refractivity contribution in [2.45, 2.75) is 0 Å². The van der Waals surface area contributed by atoms with Crippen molar-refractivity contribution in [2.24, 2.45) is 0 Å². The van der Waals surface area contributed by atoms with E-state index >= 15 is 0 Å². The van der Waals surface area contributed by atoms with Crippen molar-refractivity contribution >= 4 is 34.1 Å². The van der Waals surface area contributed by atoms with Gasteiger partial charge < -0.3 is 14.4 Å². The topological polar surface area (TPSA) is 24.9 Å². The van der Waals surface area contributed by atoms with E-state index in [-0.39, 0.29) is 29.7 Å². The van der Waals surface area contributed by atoms with Crippen molar-refractivity contribution in [3.63, 3.8) is 0 Å². The lowest BCUT2D eigenvalue weighted by molar-refractivity contribution is 0.446. The Kier molecular flexibility index (Phi) is 6.91. The van der Waals surface area contributed by atoms with Gasteiger partial charge in [-0.3, -0.25) is 4.90 Å². The summed E-state index contributed by atoms with van der Waals surface area (Å²) in [6, 6.07) is 61.9. The zero-order valence-electron chi connectivity index (χ0n) is 36.1. The van der Waals surface area contributed by atoms with Crippen LogP contribution in [-0.4, -0.2) is 0 Å². The van der Waals surface area contributed by atoms with Gasteiger partial charge in [0.15, 0.2) is 23.0 Å². The van der Waals surface area contributed by atoms with Gasteiger partial charge in [0.05, 0.1) is 18.2 Å². The van der Waals surface area contributed by atoms with Crippen LogP contribution in [0.15, 0.2) is 218 Å². The summed E-state index contributed by atoms with van der Waals surface area (Å²) in [5.41, 5.74) is 12.7. The summed E-state index contributed by atoms with van der Waals surface area (Å²) < 4.78 is 54.3. The molecule has 9 aromatic carbocycles. The van der Waals surface area contributed by atoms with Gasteiger partial charge in [-0.25, -0.2) is 0 Å². The maximum atomic E-state index is 8.54. The van der Waals surface area contributed by atoms with Crippen LogP contribution < -0.4 is 19.3 Å². The fraction of sp³-hybridized carbons (Fsp3) is 0. The lowest BCUT2D eigenvalue weighted by Gasteiger charge is -2.37. The molecule has 0 fully saturated rings. The van der Waals surface area contributed by atoms with Crippen LogP contribution >= 0.6 is 0 Å². The highest BCUT2D eigenvalue weighted by atomic mass is 16.5. The summed E-state index contributed by atoms with van der Waals surface area (Å²) in [6.07, 6.45) is 0. The summed E-state index contributed by atoms with van der Waals surface area (Å²) in [4.78, 5) is 4.38. The average molecular weight is 750 g/mol. The molecule has 0 N–H and O–H groups in total. The fourth-order valence-corrected chi connectivity index (χ4v) is 7.92. The predicted molar refractivity (Wildman–Crippen MR) is 238 cm³/mol. The average Bonchev–Trinajstić information content (AvgIpc) is 3.34. The number of para-hydroxylation sites is 3. The van der Waals surface area contributed by atoms with Crippen molar-refractivity contribution in [2.75, 3.05) is 9.80 Å². The van der Waals surface area contributed by atoms with Crippen LogP contribution in [0.1, 0.15) is 6.85 Å². The van der Waals surface area contributed by atoms with Crippen LogP contribution in [0.2, 0.25) is 0 Å². The number of hydrogen-bond acceptors (Lipinski definition) is 4. The van der Waals surface area contributed by atoms with Gasteiger partial charge in [0.2, 0.25) is 0 Å². The number of ether oxygens (including phenoxy) is 2. The summed E-state index contributed by atoms with van der Waals surface area (Å²) in [5.74, 6) is 3.06. The second-order valence-corrected chi connectivity index (χ2v) is 14.2. The third kappa shape index (κ3) is 5.96. The molecule has 11 rings (SSSR count). The van der Waals surface area contributed by atoms with Crippen LogP contribution in [0.4, 0.5) is 34.1 Å². The van der Waals surface area contributed by atoms with E-state index in [0.29, 0.717) is 5.56 Å². The fourth-order valence-electron chi connectivity index (χ4n) is 7.92. The maximum absolute atomic E-state index is 8.54. The second-order valence-electron chi connectivity index (χ2n) is 14.2. The summed E-state index contributed by atoms with van der Waals surface area (Å²) >= 11 is 0. The van der Waals surface area contributed by atoms with E-state index in [1.807, 2.05) is 78.9 Å². The second kappa shape index (κ2) is 14.0.